The van der Waals surface area contributed by atoms with Gasteiger partial charge in [-0.1, -0.05) is 0 Å². The number of hydrogen-bond donors (Lipinski definition) is 0. The molecule has 1 saturated carbocycles. The molecule has 0 saturated heterocycles. The number of halogens is 2. The molecule has 0 aromatic heterocycles. The van der Waals surface area contributed by atoms with Gasteiger partial charge < -0.3 is 14.6 Å². The first-order valence-electron chi connectivity index (χ1n) is 4.81. The van der Waals surface area contributed by atoms with Crippen molar-refractivity contribution in [2.24, 2.45) is 5.92 Å². The van der Waals surface area contributed by atoms with Gasteiger partial charge in [-0.2, -0.15) is 0 Å². The fraction of sp³-hybridized carbons (Fsp3) is 0.364. The fourth-order valence-corrected chi connectivity index (χ4v) is 1.33. The number of carboxylic acid groups (broad SMARTS) is 1. The van der Waals surface area contributed by atoms with Gasteiger partial charge in [-0.15, -0.1) is 0 Å². The van der Waals surface area contributed by atoms with Crippen LogP contribution in [0.3, 0.4) is 0 Å². The van der Waals surface area contributed by atoms with Gasteiger partial charge in [0.05, 0.1) is 18.5 Å². The lowest BCUT2D eigenvalue weighted by molar-refractivity contribution is -0.255. The minimum absolute atomic E-state index is 0.0316. The van der Waals surface area contributed by atoms with Crippen LogP contribution < -0.4 is 9.84 Å². The highest BCUT2D eigenvalue weighted by Gasteiger charge is 2.57. The van der Waals surface area contributed by atoms with Crippen LogP contribution in [0.25, 0.3) is 0 Å². The van der Waals surface area contributed by atoms with Crippen LogP contribution in [0.1, 0.15) is 16.8 Å². The van der Waals surface area contributed by atoms with E-state index in [1.807, 2.05) is 0 Å². The van der Waals surface area contributed by atoms with Crippen molar-refractivity contribution in [1.29, 1.82) is 0 Å². The molecule has 0 spiro atoms. The highest BCUT2D eigenvalue weighted by molar-refractivity contribution is 5.85. The van der Waals surface area contributed by atoms with Crippen LogP contribution in [0.4, 0.5) is 8.78 Å². The van der Waals surface area contributed by atoms with E-state index in [-0.39, 0.29) is 18.6 Å². The van der Waals surface area contributed by atoms with Crippen molar-refractivity contribution < 1.29 is 23.4 Å². The van der Waals surface area contributed by atoms with Crippen LogP contribution in [-0.2, 0) is 0 Å². The number of carbonyl (C=O) groups excluding carboxylic acids is 1. The minimum Gasteiger partial charge on any atom is -0.545 e. The summed E-state index contributed by atoms with van der Waals surface area (Å²) in [6.07, 6.45) is -0.135. The molecule has 1 aromatic rings. The van der Waals surface area contributed by atoms with E-state index in [2.05, 4.69) is 0 Å². The van der Waals surface area contributed by atoms with Gasteiger partial charge in [0.2, 0.25) is 0 Å². The van der Waals surface area contributed by atoms with Gasteiger partial charge >= 0.3 is 0 Å². The zero-order valence-electron chi connectivity index (χ0n) is 8.28. The molecule has 1 aliphatic carbocycles. The van der Waals surface area contributed by atoms with Crippen LogP contribution in [0.5, 0.6) is 5.75 Å². The van der Waals surface area contributed by atoms with Gasteiger partial charge in [0.1, 0.15) is 5.75 Å². The third-order valence-electron chi connectivity index (χ3n) is 2.50. The van der Waals surface area contributed by atoms with Gasteiger partial charge in [-0.3, -0.25) is 0 Å². The van der Waals surface area contributed by atoms with E-state index in [9.17, 15) is 18.7 Å². The van der Waals surface area contributed by atoms with Crippen LogP contribution in [0, 0.1) is 5.92 Å². The molecule has 1 atom stereocenters. The Bertz CT molecular complexity index is 400. The van der Waals surface area contributed by atoms with Gasteiger partial charge in [0.15, 0.2) is 0 Å². The third kappa shape index (κ3) is 2.29. The maximum Gasteiger partial charge on any atom is 0.255 e. The SMILES string of the molecule is O=C([O-])c1ccc(OC[C@H]2CC2(F)F)cc1. The summed E-state index contributed by atoms with van der Waals surface area (Å²) in [5, 5.41) is 10.4. The third-order valence-corrected chi connectivity index (χ3v) is 2.50. The van der Waals surface area contributed by atoms with Gasteiger partial charge in [-0.25, -0.2) is 8.78 Å². The maximum atomic E-state index is 12.5. The molecule has 0 bridgehead atoms. The molecule has 86 valence electrons. The summed E-state index contributed by atoms with van der Waals surface area (Å²) in [4.78, 5) is 10.4. The number of ether oxygens (including phenoxy) is 1. The number of aromatic carboxylic acids is 1. The van der Waals surface area contributed by atoms with E-state index in [0.717, 1.165) is 0 Å². The van der Waals surface area contributed by atoms with E-state index >= 15 is 0 Å². The first-order chi connectivity index (χ1) is 7.49. The molecule has 16 heavy (non-hydrogen) atoms. The van der Waals surface area contributed by atoms with Gasteiger partial charge in [0.25, 0.3) is 5.92 Å². The fourth-order valence-electron chi connectivity index (χ4n) is 1.33. The number of benzene rings is 1. The molecule has 0 N–H and O–H groups in total. The Balaban J connectivity index is 1.88. The molecular formula is C11H9F2O3-. The van der Waals surface area contributed by atoms with Crippen molar-refractivity contribution >= 4 is 5.97 Å². The second-order valence-electron chi connectivity index (χ2n) is 3.78. The Kier molecular flexibility index (Phi) is 2.53. The Hall–Kier alpha value is -1.65. The van der Waals surface area contributed by atoms with Crippen LogP contribution in [-0.4, -0.2) is 18.5 Å². The Labute approximate surface area is 90.7 Å². The lowest BCUT2D eigenvalue weighted by Crippen LogP contribution is -2.21. The van der Waals surface area contributed by atoms with Crippen molar-refractivity contribution in [3.05, 3.63) is 29.8 Å². The van der Waals surface area contributed by atoms with Crippen LogP contribution in [0.2, 0.25) is 0 Å². The topological polar surface area (TPSA) is 49.4 Å². The summed E-state index contributed by atoms with van der Waals surface area (Å²) in [7, 11) is 0. The Morgan fingerprint density at radius 2 is 2.00 bits per heavy atom. The number of carbonyl (C=O) groups is 1. The van der Waals surface area contributed by atoms with E-state index in [4.69, 9.17) is 4.74 Å². The number of rotatable bonds is 4. The summed E-state index contributed by atoms with van der Waals surface area (Å²) < 4.78 is 30.1. The van der Waals surface area contributed by atoms with Crippen molar-refractivity contribution in [1.82, 2.24) is 0 Å². The number of alkyl halides is 2. The Morgan fingerprint density at radius 1 is 1.44 bits per heavy atom. The molecule has 5 heteroatoms. The van der Waals surface area contributed by atoms with E-state index in [0.29, 0.717) is 5.75 Å². The van der Waals surface area contributed by atoms with Gasteiger partial charge in [0, 0.05) is 6.42 Å². The Morgan fingerprint density at radius 3 is 2.44 bits per heavy atom. The predicted octanol–water partition coefficient (Wildman–Crippen LogP) is 1.08. The van der Waals surface area contributed by atoms with E-state index < -0.39 is 17.8 Å². The standard InChI is InChI=1S/C11H10F2O3/c12-11(13)5-8(11)6-16-9-3-1-7(2-4-9)10(14)15/h1-4,8H,5-6H2,(H,14,15)/p-1/t8-/m1/s1. The van der Waals surface area contributed by atoms with E-state index in [1.54, 1.807) is 0 Å². The first-order valence-corrected chi connectivity index (χ1v) is 4.81. The summed E-state index contributed by atoms with van der Waals surface area (Å²) >= 11 is 0. The predicted molar refractivity (Wildman–Crippen MR) is 49.3 cm³/mol. The number of carboxylic acids is 1. The summed E-state index contributed by atoms with van der Waals surface area (Å²) in [6.45, 7) is -0.0440. The second-order valence-corrected chi connectivity index (χ2v) is 3.78. The lowest BCUT2D eigenvalue weighted by Gasteiger charge is -2.07. The average Bonchev–Trinajstić information content (AvgIpc) is 2.84. The molecule has 1 fully saturated rings. The van der Waals surface area contributed by atoms with Crippen molar-refractivity contribution in [3.8, 4) is 5.75 Å². The quantitative estimate of drug-likeness (QED) is 0.773. The van der Waals surface area contributed by atoms with Crippen molar-refractivity contribution in [3.63, 3.8) is 0 Å². The molecule has 1 aliphatic rings. The molecule has 0 aliphatic heterocycles. The summed E-state index contributed by atoms with van der Waals surface area (Å²) in [6, 6.07) is 5.47. The normalized spacial score (nSPS) is 21.5. The molecule has 1 aromatic carbocycles. The molecule has 0 amide bonds. The van der Waals surface area contributed by atoms with Crippen molar-refractivity contribution in [2.45, 2.75) is 12.3 Å². The maximum absolute atomic E-state index is 12.5. The highest BCUT2D eigenvalue weighted by Crippen LogP contribution is 2.48. The molecule has 2 rings (SSSR count). The summed E-state index contributed by atoms with van der Waals surface area (Å²) in [5.41, 5.74) is 0.0316. The summed E-state index contributed by atoms with van der Waals surface area (Å²) in [5.74, 6) is -4.20. The molecule has 0 heterocycles. The number of hydrogen-bond acceptors (Lipinski definition) is 3. The lowest BCUT2D eigenvalue weighted by atomic mass is 10.2. The zero-order valence-corrected chi connectivity index (χ0v) is 8.28. The van der Waals surface area contributed by atoms with Crippen LogP contribution >= 0.6 is 0 Å². The monoisotopic (exact) mass is 227 g/mol. The molecular weight excluding hydrogens is 218 g/mol. The minimum atomic E-state index is -2.59. The zero-order chi connectivity index (χ0) is 11.8. The van der Waals surface area contributed by atoms with Gasteiger partial charge in [-0.05, 0) is 29.8 Å². The van der Waals surface area contributed by atoms with Crippen LogP contribution in [0.15, 0.2) is 24.3 Å². The first kappa shape index (κ1) is 10.9. The molecule has 0 unspecified atom stereocenters. The second kappa shape index (κ2) is 3.73. The van der Waals surface area contributed by atoms with E-state index in [1.165, 1.54) is 24.3 Å². The molecule has 0 radical (unpaired) electrons. The van der Waals surface area contributed by atoms with Crippen molar-refractivity contribution in [2.75, 3.05) is 6.61 Å². The average molecular weight is 227 g/mol. The largest absolute Gasteiger partial charge is 0.545 e. The highest BCUT2D eigenvalue weighted by atomic mass is 19.3. The smallest absolute Gasteiger partial charge is 0.255 e. The molecule has 3 nitrogen and oxygen atoms in total.